The summed E-state index contributed by atoms with van der Waals surface area (Å²) in [6.45, 7) is 1.67. The highest BCUT2D eigenvalue weighted by Gasteiger charge is 2.12. The van der Waals surface area contributed by atoms with Crippen molar-refractivity contribution in [1.29, 1.82) is 0 Å². The largest absolute Gasteiger partial charge is 0.361 e. The van der Waals surface area contributed by atoms with Crippen molar-refractivity contribution in [1.82, 2.24) is 5.16 Å². The van der Waals surface area contributed by atoms with Crippen molar-refractivity contribution in [3.8, 4) is 0 Å². The second kappa shape index (κ2) is 4.82. The molecule has 1 amide bonds. The molecule has 0 saturated carbocycles. The van der Waals surface area contributed by atoms with Crippen molar-refractivity contribution in [3.63, 3.8) is 0 Å². The number of aromatic nitrogens is 1. The van der Waals surface area contributed by atoms with Gasteiger partial charge in [0, 0.05) is 11.8 Å². The van der Waals surface area contributed by atoms with Crippen LogP contribution in [0.1, 0.15) is 16.2 Å². The minimum absolute atomic E-state index is 0.0252. The van der Waals surface area contributed by atoms with Crippen LogP contribution in [0.15, 0.2) is 39.8 Å². The molecule has 0 spiro atoms. The van der Waals surface area contributed by atoms with Gasteiger partial charge in [-0.05, 0) is 31.2 Å². The number of carbonyl (C=O) groups excluding carboxylic acids is 1. The maximum atomic E-state index is 11.7. The van der Waals surface area contributed by atoms with E-state index >= 15 is 0 Å². The number of primary sulfonamides is 1. The molecule has 0 fully saturated rings. The van der Waals surface area contributed by atoms with Crippen molar-refractivity contribution < 1.29 is 17.7 Å². The van der Waals surface area contributed by atoms with Crippen LogP contribution in [0, 0.1) is 6.92 Å². The number of benzene rings is 1. The van der Waals surface area contributed by atoms with Gasteiger partial charge in [-0.3, -0.25) is 4.79 Å². The van der Waals surface area contributed by atoms with Crippen LogP contribution in [0.25, 0.3) is 0 Å². The molecule has 0 unspecified atom stereocenters. The van der Waals surface area contributed by atoms with Crippen LogP contribution in [-0.4, -0.2) is 19.5 Å². The quantitative estimate of drug-likeness (QED) is 0.866. The lowest BCUT2D eigenvalue weighted by Gasteiger charge is -2.03. The Morgan fingerprint density at radius 2 is 1.95 bits per heavy atom. The zero-order chi connectivity index (χ0) is 14.0. The second-order valence-corrected chi connectivity index (χ2v) is 5.41. The summed E-state index contributed by atoms with van der Waals surface area (Å²) in [4.78, 5) is 11.7. The van der Waals surface area contributed by atoms with E-state index in [9.17, 15) is 13.2 Å². The van der Waals surface area contributed by atoms with Gasteiger partial charge in [-0.15, -0.1) is 0 Å². The molecule has 100 valence electrons. The van der Waals surface area contributed by atoms with Crippen molar-refractivity contribution in [2.75, 3.05) is 5.32 Å². The van der Waals surface area contributed by atoms with Crippen LogP contribution in [0.5, 0.6) is 0 Å². The van der Waals surface area contributed by atoms with Gasteiger partial charge in [0.1, 0.15) is 5.76 Å². The molecule has 3 N–H and O–H groups in total. The number of hydrogen-bond acceptors (Lipinski definition) is 5. The summed E-state index contributed by atoms with van der Waals surface area (Å²) in [6.07, 6.45) is 0. The predicted octanol–water partition coefficient (Wildman–Crippen LogP) is 0.883. The van der Waals surface area contributed by atoms with Gasteiger partial charge >= 0.3 is 0 Å². The average molecular weight is 281 g/mol. The Hall–Kier alpha value is -2.19. The Morgan fingerprint density at radius 1 is 1.32 bits per heavy atom. The Kier molecular flexibility index (Phi) is 3.36. The molecule has 1 aromatic carbocycles. The molecule has 19 heavy (non-hydrogen) atoms. The van der Waals surface area contributed by atoms with Crippen LogP contribution in [-0.2, 0) is 10.0 Å². The lowest BCUT2D eigenvalue weighted by molar-refractivity contribution is 0.101. The molecular formula is C11H11N3O4S. The van der Waals surface area contributed by atoms with Crippen molar-refractivity contribution >= 4 is 21.6 Å². The summed E-state index contributed by atoms with van der Waals surface area (Å²) in [6, 6.07) is 6.97. The van der Waals surface area contributed by atoms with E-state index in [1.54, 1.807) is 6.92 Å². The zero-order valence-corrected chi connectivity index (χ0v) is 10.8. The number of carbonyl (C=O) groups is 1. The van der Waals surface area contributed by atoms with Gasteiger partial charge < -0.3 is 9.84 Å². The highest BCUT2D eigenvalue weighted by molar-refractivity contribution is 7.89. The van der Waals surface area contributed by atoms with Gasteiger partial charge in [0.05, 0.1) is 4.90 Å². The number of nitrogens with two attached hydrogens (primary N) is 1. The normalized spacial score (nSPS) is 11.3. The third-order valence-corrected chi connectivity index (χ3v) is 3.23. The second-order valence-electron chi connectivity index (χ2n) is 3.85. The summed E-state index contributed by atoms with van der Waals surface area (Å²) < 4.78 is 26.9. The highest BCUT2D eigenvalue weighted by atomic mass is 32.2. The number of anilines is 1. The van der Waals surface area contributed by atoms with Gasteiger partial charge in [0.25, 0.3) is 5.91 Å². The number of amides is 1. The average Bonchev–Trinajstić information content (AvgIpc) is 2.75. The minimum Gasteiger partial charge on any atom is -0.361 e. The third-order valence-electron chi connectivity index (χ3n) is 2.30. The Balaban J connectivity index is 2.14. The first-order chi connectivity index (χ1) is 8.86. The van der Waals surface area contributed by atoms with Crippen LogP contribution in [0.2, 0.25) is 0 Å². The first-order valence-electron chi connectivity index (χ1n) is 5.24. The van der Waals surface area contributed by atoms with E-state index in [0.29, 0.717) is 11.4 Å². The molecule has 0 aliphatic rings. The van der Waals surface area contributed by atoms with Crippen LogP contribution < -0.4 is 10.5 Å². The van der Waals surface area contributed by atoms with Gasteiger partial charge in [0.2, 0.25) is 10.0 Å². The molecule has 0 radical (unpaired) electrons. The first kappa shape index (κ1) is 13.2. The summed E-state index contributed by atoms with van der Waals surface area (Å²) in [5.74, 6) is 0.0786. The molecule has 0 aliphatic carbocycles. The number of nitrogens with one attached hydrogen (secondary N) is 1. The smallest absolute Gasteiger partial charge is 0.277 e. The van der Waals surface area contributed by atoms with E-state index in [-0.39, 0.29) is 10.6 Å². The van der Waals surface area contributed by atoms with Crippen molar-refractivity contribution in [2.45, 2.75) is 11.8 Å². The Morgan fingerprint density at radius 3 is 2.42 bits per heavy atom. The molecular weight excluding hydrogens is 270 g/mol. The maximum Gasteiger partial charge on any atom is 0.277 e. The van der Waals surface area contributed by atoms with Gasteiger partial charge in [0.15, 0.2) is 5.69 Å². The highest BCUT2D eigenvalue weighted by Crippen LogP contribution is 2.14. The summed E-state index contributed by atoms with van der Waals surface area (Å²) in [5, 5.41) is 11.1. The number of hydrogen-bond donors (Lipinski definition) is 2. The van der Waals surface area contributed by atoms with Gasteiger partial charge in [-0.1, -0.05) is 5.16 Å². The molecule has 2 rings (SSSR count). The fourth-order valence-electron chi connectivity index (χ4n) is 1.40. The van der Waals surface area contributed by atoms with Crippen LogP contribution in [0.3, 0.4) is 0 Å². The SMILES string of the molecule is Cc1cc(C(=O)Nc2ccc(S(N)(=O)=O)cc2)no1. The molecule has 0 saturated heterocycles. The molecule has 0 bridgehead atoms. The number of nitrogens with zero attached hydrogens (tertiary/aromatic N) is 1. The summed E-state index contributed by atoms with van der Waals surface area (Å²) >= 11 is 0. The Bertz CT molecular complexity index is 704. The number of sulfonamides is 1. The summed E-state index contributed by atoms with van der Waals surface area (Å²) in [7, 11) is -3.74. The van der Waals surface area contributed by atoms with E-state index in [1.807, 2.05) is 0 Å². The topological polar surface area (TPSA) is 115 Å². The third kappa shape index (κ3) is 3.18. The van der Waals surface area contributed by atoms with Crippen molar-refractivity contribution in [3.05, 3.63) is 41.8 Å². The van der Waals surface area contributed by atoms with E-state index in [2.05, 4.69) is 10.5 Å². The lowest BCUT2D eigenvalue weighted by atomic mass is 10.3. The van der Waals surface area contributed by atoms with Crippen LogP contribution >= 0.6 is 0 Å². The lowest BCUT2D eigenvalue weighted by Crippen LogP contribution is -2.14. The molecule has 0 aliphatic heterocycles. The predicted molar refractivity (Wildman–Crippen MR) is 67.0 cm³/mol. The molecule has 1 heterocycles. The van der Waals surface area contributed by atoms with E-state index in [0.717, 1.165) is 0 Å². The molecule has 8 heteroatoms. The molecule has 0 atom stereocenters. The van der Waals surface area contributed by atoms with Gasteiger partial charge in [-0.25, -0.2) is 13.6 Å². The molecule has 7 nitrogen and oxygen atoms in total. The Labute approximate surface area is 109 Å². The standard InChI is InChI=1S/C11H11N3O4S/c1-7-6-10(14-18-7)11(15)13-8-2-4-9(5-3-8)19(12,16)17/h2-6H,1H3,(H,13,15)(H2,12,16,17). The molecule has 2 aromatic rings. The van der Waals surface area contributed by atoms with E-state index in [4.69, 9.17) is 9.66 Å². The fourth-order valence-corrected chi connectivity index (χ4v) is 1.91. The number of rotatable bonds is 3. The monoisotopic (exact) mass is 281 g/mol. The van der Waals surface area contributed by atoms with E-state index < -0.39 is 15.9 Å². The van der Waals surface area contributed by atoms with Gasteiger partial charge in [-0.2, -0.15) is 0 Å². The first-order valence-corrected chi connectivity index (χ1v) is 6.78. The number of aryl methyl sites for hydroxylation is 1. The van der Waals surface area contributed by atoms with E-state index in [1.165, 1.54) is 30.3 Å². The molecule has 1 aromatic heterocycles. The fraction of sp³-hybridized carbons (Fsp3) is 0.0909. The minimum atomic E-state index is -3.74. The summed E-state index contributed by atoms with van der Waals surface area (Å²) in [5.41, 5.74) is 0.575. The van der Waals surface area contributed by atoms with Crippen LogP contribution in [0.4, 0.5) is 5.69 Å². The maximum absolute atomic E-state index is 11.7. The van der Waals surface area contributed by atoms with Crippen molar-refractivity contribution in [2.24, 2.45) is 5.14 Å². The zero-order valence-electron chi connectivity index (χ0n) is 9.95.